The Kier molecular flexibility index (Phi) is 4.32. The zero-order valence-electron chi connectivity index (χ0n) is 12.2. The fourth-order valence-corrected chi connectivity index (χ4v) is 2.67. The van der Waals surface area contributed by atoms with E-state index in [2.05, 4.69) is 0 Å². The first-order chi connectivity index (χ1) is 9.56. The van der Waals surface area contributed by atoms with Gasteiger partial charge in [0.2, 0.25) is 0 Å². The van der Waals surface area contributed by atoms with E-state index in [-0.39, 0.29) is 5.92 Å². The number of aryl methyl sites for hydroxylation is 1. The van der Waals surface area contributed by atoms with Gasteiger partial charge < -0.3 is 14.4 Å². The number of hydrogen-bond donors (Lipinski definition) is 1. The molecule has 1 aromatic carbocycles. The van der Waals surface area contributed by atoms with Crippen LogP contribution >= 0.6 is 0 Å². The molecule has 0 aliphatic heterocycles. The summed E-state index contributed by atoms with van der Waals surface area (Å²) in [5, 5.41) is 10.4. The van der Waals surface area contributed by atoms with E-state index in [0.29, 0.717) is 12.8 Å². The first-order valence-electron chi connectivity index (χ1n) is 6.91. The number of carboxylic acids is 1. The van der Waals surface area contributed by atoms with Crippen molar-refractivity contribution in [2.45, 2.75) is 26.2 Å². The van der Waals surface area contributed by atoms with Crippen LogP contribution in [0.1, 0.15) is 25.3 Å². The van der Waals surface area contributed by atoms with Gasteiger partial charge in [0.15, 0.2) is 0 Å². The van der Waals surface area contributed by atoms with Gasteiger partial charge in [-0.25, -0.2) is 0 Å². The van der Waals surface area contributed by atoms with Crippen LogP contribution in [-0.4, -0.2) is 22.8 Å². The Morgan fingerprint density at radius 3 is 2.80 bits per heavy atom. The van der Waals surface area contributed by atoms with E-state index in [4.69, 9.17) is 4.74 Å². The summed E-state index contributed by atoms with van der Waals surface area (Å²) in [4.78, 5) is 11.3. The maximum Gasteiger partial charge on any atom is 0.306 e. The Morgan fingerprint density at radius 2 is 2.20 bits per heavy atom. The average molecular weight is 275 g/mol. The molecule has 4 nitrogen and oxygen atoms in total. The van der Waals surface area contributed by atoms with Gasteiger partial charge in [0.05, 0.1) is 13.0 Å². The maximum absolute atomic E-state index is 11.3. The number of rotatable bonds is 6. The Labute approximate surface area is 119 Å². The van der Waals surface area contributed by atoms with Crippen LogP contribution in [0.5, 0.6) is 5.75 Å². The molecule has 0 saturated carbocycles. The van der Waals surface area contributed by atoms with Crippen LogP contribution in [0.2, 0.25) is 0 Å². The predicted octanol–water partition coefficient (Wildman–Crippen LogP) is 3.23. The van der Waals surface area contributed by atoms with Crippen LogP contribution in [0.25, 0.3) is 10.9 Å². The Hall–Kier alpha value is -1.97. The number of aromatic nitrogens is 1. The Balaban J connectivity index is 2.40. The van der Waals surface area contributed by atoms with Crippen LogP contribution < -0.4 is 4.74 Å². The molecule has 2 rings (SSSR count). The molecular formula is C16H21NO3. The van der Waals surface area contributed by atoms with Gasteiger partial charge in [-0.05, 0) is 36.6 Å². The number of nitrogens with zero attached hydrogens (tertiary/aromatic N) is 1. The number of methoxy groups -OCH3 is 1. The third-order valence-corrected chi connectivity index (χ3v) is 3.73. The zero-order chi connectivity index (χ0) is 14.7. The summed E-state index contributed by atoms with van der Waals surface area (Å²) in [5.74, 6) is -0.240. The minimum absolute atomic E-state index is 0.322. The highest BCUT2D eigenvalue weighted by molar-refractivity contribution is 5.86. The summed E-state index contributed by atoms with van der Waals surface area (Å²) < 4.78 is 7.30. The normalized spacial score (nSPS) is 12.6. The molecule has 0 amide bonds. The lowest BCUT2D eigenvalue weighted by molar-refractivity contribution is -0.141. The summed E-state index contributed by atoms with van der Waals surface area (Å²) in [6.45, 7) is 2.02. The van der Waals surface area contributed by atoms with Gasteiger partial charge in [0, 0.05) is 24.1 Å². The van der Waals surface area contributed by atoms with E-state index in [1.807, 2.05) is 42.9 Å². The largest absolute Gasteiger partial charge is 0.497 e. The number of hydrogen-bond acceptors (Lipinski definition) is 2. The van der Waals surface area contributed by atoms with Crippen LogP contribution in [0.15, 0.2) is 24.4 Å². The van der Waals surface area contributed by atoms with Gasteiger partial charge in [-0.1, -0.05) is 13.3 Å². The monoisotopic (exact) mass is 275 g/mol. The Bertz CT molecular complexity index is 615. The second-order valence-corrected chi connectivity index (χ2v) is 5.18. The fourth-order valence-electron chi connectivity index (χ4n) is 2.67. The lowest BCUT2D eigenvalue weighted by Gasteiger charge is -2.10. The molecule has 1 unspecified atom stereocenters. The summed E-state index contributed by atoms with van der Waals surface area (Å²) >= 11 is 0. The SMILES string of the molecule is CCCC(Cc1cn(C)c2ccc(OC)cc12)C(=O)O. The average Bonchev–Trinajstić information content (AvgIpc) is 2.74. The fraction of sp³-hybridized carbons (Fsp3) is 0.438. The van der Waals surface area contributed by atoms with E-state index in [1.165, 1.54) is 0 Å². The van der Waals surface area contributed by atoms with E-state index in [1.54, 1.807) is 7.11 Å². The zero-order valence-corrected chi connectivity index (χ0v) is 12.2. The highest BCUT2D eigenvalue weighted by atomic mass is 16.5. The van der Waals surface area contributed by atoms with Crippen molar-refractivity contribution >= 4 is 16.9 Å². The second kappa shape index (κ2) is 5.99. The minimum atomic E-state index is -0.716. The molecule has 2 aromatic rings. The van der Waals surface area contributed by atoms with Crippen molar-refractivity contribution in [3.63, 3.8) is 0 Å². The highest BCUT2D eigenvalue weighted by Crippen LogP contribution is 2.28. The van der Waals surface area contributed by atoms with Gasteiger partial charge >= 0.3 is 5.97 Å². The molecule has 1 N–H and O–H groups in total. The molecule has 0 fully saturated rings. The number of carbonyl (C=O) groups is 1. The van der Waals surface area contributed by atoms with Crippen molar-refractivity contribution in [1.29, 1.82) is 0 Å². The van der Waals surface area contributed by atoms with Crippen molar-refractivity contribution in [2.75, 3.05) is 7.11 Å². The number of benzene rings is 1. The number of fused-ring (bicyclic) bond motifs is 1. The van der Waals surface area contributed by atoms with E-state index in [0.717, 1.165) is 28.6 Å². The molecule has 1 aromatic heterocycles. The smallest absolute Gasteiger partial charge is 0.306 e. The lowest BCUT2D eigenvalue weighted by atomic mass is 9.95. The van der Waals surface area contributed by atoms with Crippen LogP contribution in [0.4, 0.5) is 0 Å². The molecule has 0 aliphatic carbocycles. The molecule has 0 saturated heterocycles. The molecule has 20 heavy (non-hydrogen) atoms. The highest BCUT2D eigenvalue weighted by Gasteiger charge is 2.19. The van der Waals surface area contributed by atoms with Crippen molar-refractivity contribution in [3.05, 3.63) is 30.0 Å². The quantitative estimate of drug-likeness (QED) is 0.880. The van der Waals surface area contributed by atoms with E-state index >= 15 is 0 Å². The summed E-state index contributed by atoms with van der Waals surface area (Å²) in [6.07, 6.45) is 4.17. The van der Waals surface area contributed by atoms with Crippen molar-refractivity contribution < 1.29 is 14.6 Å². The molecular weight excluding hydrogens is 254 g/mol. The van der Waals surface area contributed by atoms with Crippen molar-refractivity contribution in [3.8, 4) is 5.75 Å². The maximum atomic E-state index is 11.3. The third-order valence-electron chi connectivity index (χ3n) is 3.73. The van der Waals surface area contributed by atoms with E-state index < -0.39 is 5.97 Å². The number of carboxylic acid groups (broad SMARTS) is 1. The van der Waals surface area contributed by atoms with Crippen molar-refractivity contribution in [2.24, 2.45) is 13.0 Å². The summed E-state index contributed by atoms with van der Waals surface area (Å²) in [5.41, 5.74) is 2.17. The predicted molar refractivity (Wildman–Crippen MR) is 79.2 cm³/mol. The Morgan fingerprint density at radius 1 is 1.45 bits per heavy atom. The van der Waals surface area contributed by atoms with E-state index in [9.17, 15) is 9.90 Å². The molecule has 1 heterocycles. The summed E-state index contributed by atoms with van der Waals surface area (Å²) in [7, 11) is 3.62. The summed E-state index contributed by atoms with van der Waals surface area (Å²) in [6, 6.07) is 5.91. The standard InChI is InChI=1S/C16H21NO3/c1-4-5-11(16(18)19)8-12-10-17(2)15-7-6-13(20-3)9-14(12)15/h6-7,9-11H,4-5,8H2,1-3H3,(H,18,19). The van der Waals surface area contributed by atoms with Gasteiger partial charge in [0.1, 0.15) is 5.75 Å². The molecule has 1 atom stereocenters. The second-order valence-electron chi connectivity index (χ2n) is 5.18. The molecule has 0 aliphatic rings. The molecule has 0 spiro atoms. The topological polar surface area (TPSA) is 51.5 Å². The third kappa shape index (κ3) is 2.79. The van der Waals surface area contributed by atoms with Gasteiger partial charge in [0.25, 0.3) is 0 Å². The van der Waals surface area contributed by atoms with Gasteiger partial charge in [-0.15, -0.1) is 0 Å². The first kappa shape index (κ1) is 14.4. The first-order valence-corrected chi connectivity index (χ1v) is 6.91. The number of aliphatic carboxylic acids is 1. The van der Waals surface area contributed by atoms with Gasteiger partial charge in [-0.2, -0.15) is 0 Å². The molecule has 4 heteroatoms. The molecule has 108 valence electrons. The minimum Gasteiger partial charge on any atom is -0.497 e. The lowest BCUT2D eigenvalue weighted by Crippen LogP contribution is -2.16. The van der Waals surface area contributed by atoms with Crippen LogP contribution in [0.3, 0.4) is 0 Å². The molecule has 0 bridgehead atoms. The van der Waals surface area contributed by atoms with Crippen molar-refractivity contribution in [1.82, 2.24) is 4.57 Å². The molecule has 0 radical (unpaired) electrons. The number of ether oxygens (including phenoxy) is 1. The van der Waals surface area contributed by atoms with Crippen LogP contribution in [-0.2, 0) is 18.3 Å². The van der Waals surface area contributed by atoms with Gasteiger partial charge in [-0.3, -0.25) is 4.79 Å². The van der Waals surface area contributed by atoms with Crippen LogP contribution in [0, 0.1) is 5.92 Å².